The summed E-state index contributed by atoms with van der Waals surface area (Å²) in [6.45, 7) is 1.75. The van der Waals surface area contributed by atoms with Crippen molar-refractivity contribution in [1.29, 1.82) is 5.26 Å². The summed E-state index contributed by atoms with van der Waals surface area (Å²) in [5, 5.41) is 28.2. The van der Waals surface area contributed by atoms with Crippen LogP contribution >= 0.6 is 0 Å². The second-order valence-corrected chi connectivity index (χ2v) is 5.55. The molecule has 0 spiro atoms. The van der Waals surface area contributed by atoms with Gasteiger partial charge in [-0.1, -0.05) is 30.3 Å². The lowest BCUT2D eigenvalue weighted by Gasteiger charge is -2.24. The van der Waals surface area contributed by atoms with Crippen molar-refractivity contribution in [2.45, 2.75) is 12.6 Å². The van der Waals surface area contributed by atoms with E-state index in [1.54, 1.807) is 24.3 Å². The Morgan fingerprint density at radius 3 is 2.42 bits per heavy atom. The standard InChI is InChI=1S/C19H22N2O3/c20-12-16-6-8-19(9-7-16)24-15-18(23)14-21(10-11-22)13-17-4-2-1-3-5-17/h1-9,18,22-23H,10-11,13-15H2. The van der Waals surface area contributed by atoms with E-state index in [0.717, 1.165) is 5.56 Å². The van der Waals surface area contributed by atoms with Gasteiger partial charge in [0.1, 0.15) is 18.5 Å². The lowest BCUT2D eigenvalue weighted by Crippen LogP contribution is -2.37. The van der Waals surface area contributed by atoms with E-state index < -0.39 is 6.10 Å². The molecule has 0 aromatic heterocycles. The molecule has 0 radical (unpaired) electrons. The highest BCUT2D eigenvalue weighted by Crippen LogP contribution is 2.12. The van der Waals surface area contributed by atoms with Gasteiger partial charge in [0, 0.05) is 19.6 Å². The van der Waals surface area contributed by atoms with Gasteiger partial charge in [0.05, 0.1) is 18.2 Å². The van der Waals surface area contributed by atoms with Gasteiger partial charge in [-0.15, -0.1) is 0 Å². The molecule has 0 aliphatic heterocycles. The predicted molar refractivity (Wildman–Crippen MR) is 91.5 cm³/mol. The van der Waals surface area contributed by atoms with Crippen LogP contribution < -0.4 is 4.74 Å². The number of rotatable bonds is 9. The zero-order valence-electron chi connectivity index (χ0n) is 13.5. The smallest absolute Gasteiger partial charge is 0.119 e. The number of benzene rings is 2. The zero-order valence-corrected chi connectivity index (χ0v) is 13.5. The normalized spacial score (nSPS) is 11.9. The molecule has 2 aromatic rings. The van der Waals surface area contributed by atoms with E-state index in [4.69, 9.17) is 10.00 Å². The molecular formula is C19H22N2O3. The average Bonchev–Trinajstić information content (AvgIpc) is 2.61. The van der Waals surface area contributed by atoms with Crippen molar-refractivity contribution in [2.75, 3.05) is 26.3 Å². The van der Waals surface area contributed by atoms with Crippen molar-refractivity contribution >= 4 is 0 Å². The summed E-state index contributed by atoms with van der Waals surface area (Å²) in [6, 6.07) is 18.7. The second-order valence-electron chi connectivity index (χ2n) is 5.55. The molecule has 1 unspecified atom stereocenters. The maximum atomic E-state index is 10.2. The molecule has 1 atom stereocenters. The fraction of sp³-hybridized carbons (Fsp3) is 0.316. The fourth-order valence-corrected chi connectivity index (χ4v) is 2.39. The van der Waals surface area contributed by atoms with Crippen molar-refractivity contribution < 1.29 is 14.9 Å². The predicted octanol–water partition coefficient (Wildman–Crippen LogP) is 1.79. The minimum absolute atomic E-state index is 0.0377. The second kappa shape index (κ2) is 9.68. The van der Waals surface area contributed by atoms with Crippen LogP contribution in [0.15, 0.2) is 54.6 Å². The molecule has 2 rings (SSSR count). The third kappa shape index (κ3) is 6.01. The van der Waals surface area contributed by atoms with Crippen molar-refractivity contribution in [1.82, 2.24) is 4.90 Å². The van der Waals surface area contributed by atoms with Crippen molar-refractivity contribution in [3.05, 3.63) is 65.7 Å². The Kier molecular flexibility index (Phi) is 7.24. The van der Waals surface area contributed by atoms with Crippen LogP contribution in [-0.2, 0) is 6.54 Å². The molecule has 5 heteroatoms. The van der Waals surface area contributed by atoms with Crippen molar-refractivity contribution in [3.63, 3.8) is 0 Å². The topological polar surface area (TPSA) is 76.7 Å². The molecular weight excluding hydrogens is 304 g/mol. The van der Waals surface area contributed by atoms with E-state index in [-0.39, 0.29) is 13.2 Å². The van der Waals surface area contributed by atoms with Crippen LogP contribution in [0.1, 0.15) is 11.1 Å². The molecule has 0 amide bonds. The molecule has 0 aliphatic carbocycles. The van der Waals surface area contributed by atoms with Gasteiger partial charge in [0.25, 0.3) is 0 Å². The van der Waals surface area contributed by atoms with Crippen LogP contribution in [0.25, 0.3) is 0 Å². The molecule has 0 fully saturated rings. The number of ether oxygens (including phenoxy) is 1. The van der Waals surface area contributed by atoms with E-state index in [0.29, 0.717) is 30.9 Å². The SMILES string of the molecule is N#Cc1ccc(OCC(O)CN(CCO)Cc2ccccc2)cc1. The Morgan fingerprint density at radius 2 is 1.79 bits per heavy atom. The Hall–Kier alpha value is -2.39. The monoisotopic (exact) mass is 326 g/mol. The van der Waals surface area contributed by atoms with Gasteiger partial charge in [-0.25, -0.2) is 0 Å². The Labute approximate surface area is 142 Å². The van der Waals surface area contributed by atoms with Crippen LogP contribution in [0.4, 0.5) is 0 Å². The first-order valence-corrected chi connectivity index (χ1v) is 7.89. The van der Waals surface area contributed by atoms with Crippen LogP contribution in [0.2, 0.25) is 0 Å². The van der Waals surface area contributed by atoms with Gasteiger partial charge in [-0.2, -0.15) is 5.26 Å². The largest absolute Gasteiger partial charge is 0.491 e. The van der Waals surface area contributed by atoms with E-state index in [2.05, 4.69) is 0 Å². The molecule has 0 aliphatic rings. The molecule has 0 bridgehead atoms. The molecule has 24 heavy (non-hydrogen) atoms. The summed E-state index contributed by atoms with van der Waals surface area (Å²) >= 11 is 0. The molecule has 2 aromatic carbocycles. The number of hydrogen-bond donors (Lipinski definition) is 2. The molecule has 0 heterocycles. The number of aliphatic hydroxyl groups excluding tert-OH is 2. The molecule has 0 saturated heterocycles. The van der Waals surface area contributed by atoms with E-state index >= 15 is 0 Å². The highest BCUT2D eigenvalue weighted by Gasteiger charge is 2.13. The first-order chi connectivity index (χ1) is 11.7. The van der Waals surface area contributed by atoms with Crippen molar-refractivity contribution in [3.8, 4) is 11.8 Å². The summed E-state index contributed by atoms with van der Waals surface area (Å²) in [7, 11) is 0. The minimum Gasteiger partial charge on any atom is -0.491 e. The highest BCUT2D eigenvalue weighted by molar-refractivity contribution is 5.34. The first kappa shape index (κ1) is 18.0. The van der Waals surface area contributed by atoms with E-state index in [1.165, 1.54) is 0 Å². The summed E-state index contributed by atoms with van der Waals surface area (Å²) in [6.07, 6.45) is -0.670. The lowest BCUT2D eigenvalue weighted by atomic mass is 10.2. The maximum absolute atomic E-state index is 10.2. The number of hydrogen-bond acceptors (Lipinski definition) is 5. The minimum atomic E-state index is -0.670. The first-order valence-electron chi connectivity index (χ1n) is 7.89. The Balaban J connectivity index is 1.83. The van der Waals surface area contributed by atoms with Gasteiger partial charge in [-0.05, 0) is 29.8 Å². The van der Waals surface area contributed by atoms with E-state index in [1.807, 2.05) is 41.3 Å². The quantitative estimate of drug-likeness (QED) is 0.735. The average molecular weight is 326 g/mol. The summed E-state index contributed by atoms with van der Waals surface area (Å²) in [5.41, 5.74) is 1.70. The molecule has 2 N–H and O–H groups in total. The fourth-order valence-electron chi connectivity index (χ4n) is 2.39. The van der Waals surface area contributed by atoms with Crippen molar-refractivity contribution in [2.24, 2.45) is 0 Å². The number of nitriles is 1. The highest BCUT2D eigenvalue weighted by atomic mass is 16.5. The van der Waals surface area contributed by atoms with Crippen LogP contribution in [0, 0.1) is 11.3 Å². The Morgan fingerprint density at radius 1 is 1.08 bits per heavy atom. The third-order valence-corrected chi connectivity index (χ3v) is 3.56. The number of aliphatic hydroxyl groups is 2. The van der Waals surface area contributed by atoms with Gasteiger partial charge in [0.15, 0.2) is 0 Å². The summed E-state index contributed by atoms with van der Waals surface area (Å²) < 4.78 is 5.55. The summed E-state index contributed by atoms with van der Waals surface area (Å²) in [5.74, 6) is 0.616. The Bertz CT molecular complexity index is 638. The van der Waals surface area contributed by atoms with Gasteiger partial charge in [-0.3, -0.25) is 4.90 Å². The summed E-state index contributed by atoms with van der Waals surface area (Å²) in [4.78, 5) is 1.99. The third-order valence-electron chi connectivity index (χ3n) is 3.56. The van der Waals surface area contributed by atoms with Crippen LogP contribution in [0.5, 0.6) is 5.75 Å². The number of nitrogens with zero attached hydrogens (tertiary/aromatic N) is 2. The molecule has 126 valence electrons. The zero-order chi connectivity index (χ0) is 17.2. The molecule has 0 saturated carbocycles. The van der Waals surface area contributed by atoms with Crippen LogP contribution in [0.3, 0.4) is 0 Å². The van der Waals surface area contributed by atoms with Gasteiger partial charge >= 0.3 is 0 Å². The maximum Gasteiger partial charge on any atom is 0.119 e. The molecule has 5 nitrogen and oxygen atoms in total. The lowest BCUT2D eigenvalue weighted by molar-refractivity contribution is 0.0590. The van der Waals surface area contributed by atoms with E-state index in [9.17, 15) is 10.2 Å². The van der Waals surface area contributed by atoms with Gasteiger partial charge in [0.2, 0.25) is 0 Å². The van der Waals surface area contributed by atoms with Gasteiger partial charge < -0.3 is 14.9 Å². The van der Waals surface area contributed by atoms with Crippen LogP contribution in [-0.4, -0.2) is 47.5 Å².